The smallest absolute Gasteiger partial charge is 0.274 e. The summed E-state index contributed by atoms with van der Waals surface area (Å²) in [5.74, 6) is 1.39. The van der Waals surface area contributed by atoms with Gasteiger partial charge in [-0.3, -0.25) is 14.9 Å². The number of hydrogen-bond acceptors (Lipinski definition) is 5. The lowest BCUT2D eigenvalue weighted by molar-refractivity contribution is 0.0628. The summed E-state index contributed by atoms with van der Waals surface area (Å²) in [5, 5.41) is 10.4. The molecule has 0 bridgehead atoms. The predicted octanol–water partition coefficient (Wildman–Crippen LogP) is 2.16. The van der Waals surface area contributed by atoms with Crippen molar-refractivity contribution in [1.82, 2.24) is 25.4 Å². The molecule has 2 N–H and O–H groups in total. The minimum atomic E-state index is -0.0962. The van der Waals surface area contributed by atoms with Crippen molar-refractivity contribution < 1.29 is 9.21 Å². The quantitative estimate of drug-likeness (QED) is 0.765. The van der Waals surface area contributed by atoms with Gasteiger partial charge in [0.05, 0.1) is 6.04 Å². The molecule has 7 heteroatoms. The molecule has 4 heterocycles. The van der Waals surface area contributed by atoms with Crippen LogP contribution in [0.25, 0.3) is 11.5 Å². The van der Waals surface area contributed by atoms with Crippen LogP contribution in [0, 0.1) is 6.92 Å². The standard InChI is InChI=1S/C18H19N5O2/c1-12-4-5-17(25-12)14-9-15(22-21-14)18(24)23-8-7-20-11-16(23)13-3-2-6-19-10-13/h2-6,9-10,16,20H,7-8,11H2,1H3,(H,21,22). The third-order valence-electron chi connectivity index (χ3n) is 4.38. The summed E-state index contributed by atoms with van der Waals surface area (Å²) >= 11 is 0. The van der Waals surface area contributed by atoms with Crippen LogP contribution in [0.4, 0.5) is 0 Å². The van der Waals surface area contributed by atoms with E-state index in [9.17, 15) is 4.79 Å². The van der Waals surface area contributed by atoms with Crippen LogP contribution in [0.2, 0.25) is 0 Å². The highest BCUT2D eigenvalue weighted by Gasteiger charge is 2.30. The van der Waals surface area contributed by atoms with Gasteiger partial charge in [-0.25, -0.2) is 0 Å². The van der Waals surface area contributed by atoms with E-state index < -0.39 is 0 Å². The molecule has 1 aliphatic rings. The molecule has 0 spiro atoms. The van der Waals surface area contributed by atoms with Crippen LogP contribution in [0.1, 0.15) is 27.9 Å². The van der Waals surface area contributed by atoms with Gasteiger partial charge in [0.1, 0.15) is 11.5 Å². The van der Waals surface area contributed by atoms with Gasteiger partial charge in [0.15, 0.2) is 11.5 Å². The lowest BCUT2D eigenvalue weighted by Crippen LogP contribution is -2.48. The molecule has 0 saturated carbocycles. The normalized spacial score (nSPS) is 17.6. The molecule has 1 fully saturated rings. The van der Waals surface area contributed by atoms with Crippen LogP contribution in [0.15, 0.2) is 47.1 Å². The second kappa shape index (κ2) is 6.52. The number of amides is 1. The van der Waals surface area contributed by atoms with Gasteiger partial charge in [0, 0.05) is 38.1 Å². The van der Waals surface area contributed by atoms with Gasteiger partial charge in [-0.1, -0.05) is 6.07 Å². The number of aromatic amines is 1. The lowest BCUT2D eigenvalue weighted by Gasteiger charge is -2.35. The number of rotatable bonds is 3. The van der Waals surface area contributed by atoms with E-state index in [4.69, 9.17) is 4.42 Å². The fourth-order valence-electron chi connectivity index (χ4n) is 3.10. The van der Waals surface area contributed by atoms with Crippen LogP contribution in [-0.2, 0) is 0 Å². The van der Waals surface area contributed by atoms with Crippen molar-refractivity contribution in [2.75, 3.05) is 19.6 Å². The molecule has 0 aliphatic carbocycles. The minimum Gasteiger partial charge on any atom is -0.460 e. The van der Waals surface area contributed by atoms with Crippen molar-refractivity contribution in [2.45, 2.75) is 13.0 Å². The van der Waals surface area contributed by atoms with Crippen LogP contribution in [0.5, 0.6) is 0 Å². The van der Waals surface area contributed by atoms with E-state index in [1.54, 1.807) is 18.5 Å². The number of pyridine rings is 1. The molecule has 128 valence electrons. The van der Waals surface area contributed by atoms with E-state index in [0.29, 0.717) is 30.2 Å². The maximum atomic E-state index is 13.0. The molecule has 25 heavy (non-hydrogen) atoms. The highest BCUT2D eigenvalue weighted by molar-refractivity contribution is 5.93. The van der Waals surface area contributed by atoms with Crippen LogP contribution in [0.3, 0.4) is 0 Å². The number of nitrogens with one attached hydrogen (secondary N) is 2. The van der Waals surface area contributed by atoms with Crippen LogP contribution >= 0.6 is 0 Å². The van der Waals surface area contributed by atoms with Crippen molar-refractivity contribution in [3.8, 4) is 11.5 Å². The average molecular weight is 337 g/mol. The van der Waals surface area contributed by atoms with Gasteiger partial charge in [-0.2, -0.15) is 5.10 Å². The summed E-state index contributed by atoms with van der Waals surface area (Å²) in [7, 11) is 0. The highest BCUT2D eigenvalue weighted by Crippen LogP contribution is 2.25. The fraction of sp³-hybridized carbons (Fsp3) is 0.278. The first-order chi connectivity index (χ1) is 12.2. The van der Waals surface area contributed by atoms with Gasteiger partial charge in [0.2, 0.25) is 0 Å². The first-order valence-corrected chi connectivity index (χ1v) is 8.26. The summed E-state index contributed by atoms with van der Waals surface area (Å²) < 4.78 is 5.58. The van der Waals surface area contributed by atoms with Gasteiger partial charge in [0.25, 0.3) is 5.91 Å². The maximum absolute atomic E-state index is 13.0. The zero-order chi connectivity index (χ0) is 17.2. The molecule has 1 atom stereocenters. The number of aryl methyl sites for hydroxylation is 1. The molecule has 1 saturated heterocycles. The Morgan fingerprint density at radius 1 is 1.36 bits per heavy atom. The summed E-state index contributed by atoms with van der Waals surface area (Å²) in [6.45, 7) is 3.97. The number of carbonyl (C=O) groups is 1. The Bertz CT molecular complexity index is 870. The number of H-pyrrole nitrogens is 1. The first-order valence-electron chi connectivity index (χ1n) is 8.26. The maximum Gasteiger partial charge on any atom is 0.274 e. The van der Waals surface area contributed by atoms with Crippen LogP contribution in [-0.4, -0.2) is 45.6 Å². The molecule has 4 rings (SSSR count). The van der Waals surface area contributed by atoms with Crippen LogP contribution < -0.4 is 5.32 Å². The first kappa shape index (κ1) is 15.6. The summed E-state index contributed by atoms with van der Waals surface area (Å²) in [6, 6.07) is 9.31. The number of aromatic nitrogens is 3. The molecule has 3 aromatic heterocycles. The second-order valence-electron chi connectivity index (χ2n) is 6.08. The van der Waals surface area contributed by atoms with Gasteiger partial charge in [-0.15, -0.1) is 0 Å². The monoisotopic (exact) mass is 337 g/mol. The summed E-state index contributed by atoms with van der Waals surface area (Å²) in [6.07, 6.45) is 3.54. The Balaban J connectivity index is 1.60. The molecule has 7 nitrogen and oxygen atoms in total. The molecule has 1 aliphatic heterocycles. The van der Waals surface area contributed by atoms with Gasteiger partial charge < -0.3 is 14.6 Å². The molecule has 1 amide bonds. The van der Waals surface area contributed by atoms with E-state index in [1.807, 2.05) is 36.1 Å². The molecular weight excluding hydrogens is 318 g/mol. The average Bonchev–Trinajstić information content (AvgIpc) is 3.31. The summed E-state index contributed by atoms with van der Waals surface area (Å²) in [4.78, 5) is 19.0. The van der Waals surface area contributed by atoms with Crippen molar-refractivity contribution >= 4 is 5.91 Å². The van der Waals surface area contributed by atoms with E-state index in [-0.39, 0.29) is 11.9 Å². The van der Waals surface area contributed by atoms with E-state index in [0.717, 1.165) is 17.9 Å². The highest BCUT2D eigenvalue weighted by atomic mass is 16.3. The van der Waals surface area contributed by atoms with Crippen molar-refractivity contribution in [3.05, 3.63) is 59.7 Å². The predicted molar refractivity (Wildman–Crippen MR) is 91.9 cm³/mol. The molecule has 0 radical (unpaired) electrons. The van der Waals surface area contributed by atoms with Gasteiger partial charge >= 0.3 is 0 Å². The van der Waals surface area contributed by atoms with Crippen molar-refractivity contribution in [3.63, 3.8) is 0 Å². The Kier molecular flexibility index (Phi) is 4.07. The topological polar surface area (TPSA) is 87.0 Å². The zero-order valence-electron chi connectivity index (χ0n) is 13.9. The molecule has 0 aromatic carbocycles. The fourth-order valence-corrected chi connectivity index (χ4v) is 3.10. The molecular formula is C18H19N5O2. The van der Waals surface area contributed by atoms with Crippen molar-refractivity contribution in [1.29, 1.82) is 0 Å². The third-order valence-corrected chi connectivity index (χ3v) is 4.38. The summed E-state index contributed by atoms with van der Waals surface area (Å²) in [5.41, 5.74) is 2.10. The SMILES string of the molecule is Cc1ccc(-c2cc(C(=O)N3CCNCC3c3cccnc3)n[nH]2)o1. The Morgan fingerprint density at radius 2 is 2.28 bits per heavy atom. The Hall–Kier alpha value is -2.93. The molecule has 3 aromatic rings. The van der Waals surface area contributed by atoms with Gasteiger partial charge in [-0.05, 0) is 30.7 Å². The minimum absolute atomic E-state index is 0.0547. The Morgan fingerprint density at radius 3 is 3.04 bits per heavy atom. The number of piperazine rings is 1. The second-order valence-corrected chi connectivity index (χ2v) is 6.08. The molecule has 1 unspecified atom stereocenters. The lowest BCUT2D eigenvalue weighted by atomic mass is 10.0. The zero-order valence-corrected chi connectivity index (χ0v) is 13.9. The van der Waals surface area contributed by atoms with E-state index in [1.165, 1.54) is 0 Å². The number of carbonyl (C=O) groups excluding carboxylic acids is 1. The Labute approximate surface area is 145 Å². The van der Waals surface area contributed by atoms with E-state index in [2.05, 4.69) is 20.5 Å². The third kappa shape index (κ3) is 3.06. The number of nitrogens with zero attached hydrogens (tertiary/aromatic N) is 3. The van der Waals surface area contributed by atoms with E-state index >= 15 is 0 Å². The largest absolute Gasteiger partial charge is 0.460 e. The number of furan rings is 1. The number of hydrogen-bond donors (Lipinski definition) is 2. The van der Waals surface area contributed by atoms with Crippen molar-refractivity contribution in [2.24, 2.45) is 0 Å².